The Hall–Kier alpha value is -1.02. The van der Waals surface area contributed by atoms with Gasteiger partial charge in [-0.3, -0.25) is 0 Å². The van der Waals surface area contributed by atoms with Crippen molar-refractivity contribution in [3.8, 4) is 5.75 Å². The normalized spacial score (nSPS) is 21.1. The summed E-state index contributed by atoms with van der Waals surface area (Å²) in [7, 11) is 0. The van der Waals surface area contributed by atoms with Crippen LogP contribution in [0.4, 0.5) is 0 Å². The predicted octanol–water partition coefficient (Wildman–Crippen LogP) is 2.59. The molecule has 1 saturated heterocycles. The Morgan fingerprint density at radius 3 is 2.80 bits per heavy atom. The van der Waals surface area contributed by atoms with E-state index < -0.39 is 0 Å². The molecule has 0 amide bonds. The first-order chi connectivity index (χ1) is 7.20. The molecule has 1 heterocycles. The summed E-state index contributed by atoms with van der Waals surface area (Å²) in [6.07, 6.45) is 1.13. The van der Waals surface area contributed by atoms with Crippen molar-refractivity contribution in [3.63, 3.8) is 0 Å². The standard InChI is InChI=1S/C13H19NO/c1-9(2)11-4-3-5-12(13(11)15)10-6-7-14-8-10/h3-5,9-10,14-15H,6-8H2,1-2H3. The quantitative estimate of drug-likeness (QED) is 0.777. The van der Waals surface area contributed by atoms with E-state index in [1.54, 1.807) is 0 Å². The van der Waals surface area contributed by atoms with Gasteiger partial charge in [-0.1, -0.05) is 32.0 Å². The van der Waals surface area contributed by atoms with E-state index in [2.05, 4.69) is 31.3 Å². The molecule has 82 valence electrons. The fourth-order valence-electron chi connectivity index (χ4n) is 2.30. The average molecular weight is 205 g/mol. The summed E-state index contributed by atoms with van der Waals surface area (Å²) in [6, 6.07) is 6.13. The molecule has 0 aliphatic carbocycles. The van der Waals surface area contributed by atoms with E-state index in [0.29, 0.717) is 17.6 Å². The topological polar surface area (TPSA) is 32.3 Å². The molecule has 1 aromatic carbocycles. The summed E-state index contributed by atoms with van der Waals surface area (Å²) in [5.74, 6) is 1.39. The third-order valence-corrected chi connectivity index (χ3v) is 3.22. The van der Waals surface area contributed by atoms with Crippen LogP contribution in [0, 0.1) is 0 Å². The van der Waals surface area contributed by atoms with Gasteiger partial charge < -0.3 is 10.4 Å². The highest BCUT2D eigenvalue weighted by Gasteiger charge is 2.21. The van der Waals surface area contributed by atoms with Crippen LogP contribution in [0.25, 0.3) is 0 Å². The second kappa shape index (κ2) is 4.23. The van der Waals surface area contributed by atoms with E-state index in [-0.39, 0.29) is 0 Å². The van der Waals surface area contributed by atoms with Gasteiger partial charge in [-0.05, 0) is 30.0 Å². The van der Waals surface area contributed by atoms with Gasteiger partial charge in [0.1, 0.15) is 5.75 Å². The van der Waals surface area contributed by atoms with E-state index >= 15 is 0 Å². The van der Waals surface area contributed by atoms with Gasteiger partial charge in [-0.25, -0.2) is 0 Å². The van der Waals surface area contributed by atoms with Crippen LogP contribution in [0.5, 0.6) is 5.75 Å². The van der Waals surface area contributed by atoms with Crippen LogP contribution in [-0.4, -0.2) is 18.2 Å². The number of phenolic OH excluding ortho intramolecular Hbond substituents is 1. The number of nitrogens with one attached hydrogen (secondary N) is 1. The summed E-state index contributed by atoms with van der Waals surface area (Å²) in [5.41, 5.74) is 2.19. The van der Waals surface area contributed by atoms with Gasteiger partial charge in [-0.2, -0.15) is 0 Å². The van der Waals surface area contributed by atoms with E-state index in [1.807, 2.05) is 6.07 Å². The molecule has 1 aromatic rings. The molecule has 2 nitrogen and oxygen atoms in total. The fraction of sp³-hybridized carbons (Fsp3) is 0.538. The highest BCUT2D eigenvalue weighted by molar-refractivity contribution is 5.44. The zero-order chi connectivity index (χ0) is 10.8. The minimum atomic E-state index is 0.388. The highest BCUT2D eigenvalue weighted by atomic mass is 16.3. The molecule has 1 aliphatic rings. The second-order valence-electron chi connectivity index (χ2n) is 4.63. The summed E-state index contributed by atoms with van der Waals surface area (Å²) in [5, 5.41) is 13.5. The smallest absolute Gasteiger partial charge is 0.122 e. The SMILES string of the molecule is CC(C)c1cccc(C2CCNC2)c1O. The molecule has 2 heteroatoms. The first kappa shape index (κ1) is 10.5. The molecule has 15 heavy (non-hydrogen) atoms. The Morgan fingerprint density at radius 1 is 1.40 bits per heavy atom. The zero-order valence-corrected chi connectivity index (χ0v) is 9.46. The van der Waals surface area contributed by atoms with Crippen molar-refractivity contribution >= 4 is 0 Å². The third kappa shape index (κ3) is 2.00. The van der Waals surface area contributed by atoms with E-state index in [4.69, 9.17) is 0 Å². The molecule has 1 atom stereocenters. The van der Waals surface area contributed by atoms with Gasteiger partial charge in [0.05, 0.1) is 0 Å². The van der Waals surface area contributed by atoms with Gasteiger partial charge >= 0.3 is 0 Å². The van der Waals surface area contributed by atoms with Crippen LogP contribution in [0.3, 0.4) is 0 Å². The van der Waals surface area contributed by atoms with E-state index in [0.717, 1.165) is 30.6 Å². The monoisotopic (exact) mass is 205 g/mol. The molecule has 0 saturated carbocycles. The fourth-order valence-corrected chi connectivity index (χ4v) is 2.30. The average Bonchev–Trinajstić information content (AvgIpc) is 2.70. The minimum absolute atomic E-state index is 0.388. The van der Waals surface area contributed by atoms with Crippen LogP contribution in [0.2, 0.25) is 0 Å². The lowest BCUT2D eigenvalue weighted by Gasteiger charge is -2.16. The summed E-state index contributed by atoms with van der Waals surface area (Å²) < 4.78 is 0. The molecule has 0 aromatic heterocycles. The van der Waals surface area contributed by atoms with Crippen molar-refractivity contribution in [2.45, 2.75) is 32.1 Å². The molecule has 1 aliphatic heterocycles. The van der Waals surface area contributed by atoms with E-state index in [9.17, 15) is 5.11 Å². The van der Waals surface area contributed by atoms with Gasteiger partial charge in [0.25, 0.3) is 0 Å². The molecule has 1 unspecified atom stereocenters. The number of phenols is 1. The molecule has 0 spiro atoms. The minimum Gasteiger partial charge on any atom is -0.507 e. The largest absolute Gasteiger partial charge is 0.507 e. The molecule has 1 fully saturated rings. The summed E-state index contributed by atoms with van der Waals surface area (Å²) in [4.78, 5) is 0. The number of aromatic hydroxyl groups is 1. The third-order valence-electron chi connectivity index (χ3n) is 3.22. The van der Waals surface area contributed by atoms with Gasteiger partial charge in [-0.15, -0.1) is 0 Å². The number of hydrogen-bond donors (Lipinski definition) is 2. The van der Waals surface area contributed by atoms with E-state index in [1.165, 1.54) is 0 Å². The summed E-state index contributed by atoms with van der Waals surface area (Å²) >= 11 is 0. The van der Waals surface area contributed by atoms with Gasteiger partial charge in [0, 0.05) is 12.5 Å². The molecular formula is C13H19NO. The number of rotatable bonds is 2. The maximum atomic E-state index is 10.2. The van der Waals surface area contributed by atoms with Crippen LogP contribution in [0.1, 0.15) is 43.2 Å². The second-order valence-corrected chi connectivity index (χ2v) is 4.63. The lowest BCUT2D eigenvalue weighted by Crippen LogP contribution is -2.08. The lowest BCUT2D eigenvalue weighted by atomic mass is 9.92. The number of hydrogen-bond acceptors (Lipinski definition) is 2. The maximum absolute atomic E-state index is 10.2. The first-order valence-electron chi connectivity index (χ1n) is 5.72. The van der Waals surface area contributed by atoms with Crippen LogP contribution < -0.4 is 5.32 Å². The predicted molar refractivity (Wildman–Crippen MR) is 62.4 cm³/mol. The summed E-state index contributed by atoms with van der Waals surface area (Å²) in [6.45, 7) is 6.29. The van der Waals surface area contributed by atoms with Crippen molar-refractivity contribution in [2.75, 3.05) is 13.1 Å². The van der Waals surface area contributed by atoms with Crippen molar-refractivity contribution in [3.05, 3.63) is 29.3 Å². The maximum Gasteiger partial charge on any atom is 0.122 e. The molecule has 0 bridgehead atoms. The first-order valence-corrected chi connectivity index (χ1v) is 5.72. The molecular weight excluding hydrogens is 186 g/mol. The van der Waals surface area contributed by atoms with Crippen LogP contribution in [-0.2, 0) is 0 Å². The van der Waals surface area contributed by atoms with Crippen molar-refractivity contribution in [1.29, 1.82) is 0 Å². The number of benzene rings is 1. The van der Waals surface area contributed by atoms with Crippen molar-refractivity contribution in [1.82, 2.24) is 5.32 Å². The Kier molecular flexibility index (Phi) is 2.96. The van der Waals surface area contributed by atoms with Crippen LogP contribution >= 0.6 is 0 Å². The Bertz CT molecular complexity index is 340. The Balaban J connectivity index is 2.34. The van der Waals surface area contributed by atoms with Crippen molar-refractivity contribution < 1.29 is 5.11 Å². The molecule has 0 radical (unpaired) electrons. The lowest BCUT2D eigenvalue weighted by molar-refractivity contribution is 0.452. The Labute approximate surface area is 91.3 Å². The van der Waals surface area contributed by atoms with Crippen molar-refractivity contribution in [2.24, 2.45) is 0 Å². The molecule has 2 rings (SSSR count). The number of para-hydroxylation sites is 1. The van der Waals surface area contributed by atoms with Crippen LogP contribution in [0.15, 0.2) is 18.2 Å². The molecule has 2 N–H and O–H groups in total. The highest BCUT2D eigenvalue weighted by Crippen LogP contribution is 2.35. The Morgan fingerprint density at radius 2 is 2.20 bits per heavy atom. The zero-order valence-electron chi connectivity index (χ0n) is 9.46. The van der Waals surface area contributed by atoms with Gasteiger partial charge in [0.15, 0.2) is 0 Å². The van der Waals surface area contributed by atoms with Gasteiger partial charge in [0.2, 0.25) is 0 Å².